The van der Waals surface area contributed by atoms with Crippen LogP contribution in [0.3, 0.4) is 0 Å². The van der Waals surface area contributed by atoms with E-state index in [1.165, 1.54) is 6.07 Å². The highest BCUT2D eigenvalue weighted by atomic mass is 16.5. The summed E-state index contributed by atoms with van der Waals surface area (Å²) in [6, 6.07) is 8.71. The van der Waals surface area contributed by atoms with E-state index in [9.17, 15) is 4.79 Å². The van der Waals surface area contributed by atoms with Crippen molar-refractivity contribution in [1.29, 1.82) is 0 Å². The summed E-state index contributed by atoms with van der Waals surface area (Å²) in [5.41, 5.74) is 3.01. The fraction of sp³-hybridized carbons (Fsp3) is 0.250. The lowest BCUT2D eigenvalue weighted by Crippen LogP contribution is -2.05. The van der Waals surface area contributed by atoms with Crippen LogP contribution < -0.4 is 19.6 Å². The molecule has 0 spiro atoms. The van der Waals surface area contributed by atoms with Gasteiger partial charge in [0.1, 0.15) is 22.5 Å². The molecule has 130 valence electrons. The maximum Gasteiger partial charge on any atom is 0.197 e. The van der Waals surface area contributed by atoms with Gasteiger partial charge >= 0.3 is 0 Å². The first-order valence-corrected chi connectivity index (χ1v) is 7.84. The van der Waals surface area contributed by atoms with Gasteiger partial charge in [0, 0.05) is 11.6 Å². The van der Waals surface area contributed by atoms with Crippen LogP contribution in [0.15, 0.2) is 39.5 Å². The second kappa shape index (κ2) is 6.51. The van der Waals surface area contributed by atoms with E-state index in [-0.39, 0.29) is 5.43 Å². The Balaban J connectivity index is 2.26. The highest BCUT2D eigenvalue weighted by Crippen LogP contribution is 2.35. The first kappa shape index (κ1) is 16.9. The maximum atomic E-state index is 12.7. The number of methoxy groups -OCH3 is 3. The van der Waals surface area contributed by atoms with Crippen LogP contribution in [0.2, 0.25) is 0 Å². The van der Waals surface area contributed by atoms with E-state index in [4.69, 9.17) is 18.6 Å². The molecule has 0 aliphatic heterocycles. The van der Waals surface area contributed by atoms with Gasteiger partial charge in [-0.25, -0.2) is 0 Å². The predicted molar refractivity (Wildman–Crippen MR) is 97.1 cm³/mol. The quantitative estimate of drug-likeness (QED) is 0.715. The van der Waals surface area contributed by atoms with E-state index >= 15 is 0 Å². The average Bonchev–Trinajstić information content (AvgIpc) is 2.62. The Kier molecular flexibility index (Phi) is 4.40. The van der Waals surface area contributed by atoms with Gasteiger partial charge in [-0.05, 0) is 49.2 Å². The minimum absolute atomic E-state index is 0.147. The molecule has 3 aromatic rings. The summed E-state index contributed by atoms with van der Waals surface area (Å²) in [4.78, 5) is 12.7. The summed E-state index contributed by atoms with van der Waals surface area (Å²) in [5.74, 6) is 2.20. The van der Waals surface area contributed by atoms with Crippen molar-refractivity contribution in [2.24, 2.45) is 0 Å². The van der Waals surface area contributed by atoms with Gasteiger partial charge in [0.2, 0.25) is 0 Å². The fourth-order valence-electron chi connectivity index (χ4n) is 2.90. The third kappa shape index (κ3) is 2.82. The normalized spacial score (nSPS) is 10.8. The van der Waals surface area contributed by atoms with Crippen molar-refractivity contribution in [3.63, 3.8) is 0 Å². The molecule has 1 aromatic heterocycles. The molecule has 5 nitrogen and oxygen atoms in total. The van der Waals surface area contributed by atoms with Gasteiger partial charge in [-0.15, -0.1) is 0 Å². The molecule has 25 heavy (non-hydrogen) atoms. The van der Waals surface area contributed by atoms with Gasteiger partial charge in [-0.1, -0.05) is 0 Å². The average molecular weight is 340 g/mol. The molecular weight excluding hydrogens is 320 g/mol. The molecule has 0 aliphatic carbocycles. The largest absolute Gasteiger partial charge is 0.496 e. The van der Waals surface area contributed by atoms with E-state index in [0.29, 0.717) is 34.0 Å². The molecule has 0 aliphatic rings. The van der Waals surface area contributed by atoms with Gasteiger partial charge in [-0.3, -0.25) is 4.79 Å². The topological polar surface area (TPSA) is 57.9 Å². The number of aryl methyl sites for hydroxylation is 1. The molecule has 0 bridgehead atoms. The summed E-state index contributed by atoms with van der Waals surface area (Å²) in [6.45, 7) is 3.88. The Morgan fingerprint density at radius 3 is 2.24 bits per heavy atom. The number of fused-ring (bicyclic) bond motifs is 1. The number of ether oxygens (including phenoxy) is 3. The molecular formula is C20H20O5. The van der Waals surface area contributed by atoms with E-state index < -0.39 is 0 Å². The summed E-state index contributed by atoms with van der Waals surface area (Å²) in [7, 11) is 4.70. The maximum absolute atomic E-state index is 12.7. The molecule has 5 heteroatoms. The van der Waals surface area contributed by atoms with Crippen molar-refractivity contribution in [2.45, 2.75) is 13.8 Å². The Labute approximate surface area is 145 Å². The Morgan fingerprint density at radius 1 is 0.880 bits per heavy atom. The van der Waals surface area contributed by atoms with Crippen molar-refractivity contribution >= 4 is 11.0 Å². The zero-order valence-corrected chi connectivity index (χ0v) is 14.9. The molecule has 0 unspecified atom stereocenters. The van der Waals surface area contributed by atoms with Crippen LogP contribution in [0.5, 0.6) is 17.2 Å². The molecule has 0 saturated heterocycles. The molecule has 2 aromatic carbocycles. The Bertz CT molecular complexity index is 1000. The number of rotatable bonds is 4. The predicted octanol–water partition coefficient (Wildman–Crippen LogP) is 4.10. The lowest BCUT2D eigenvalue weighted by Gasteiger charge is -2.12. The first-order chi connectivity index (χ1) is 12.0. The second-order valence-electron chi connectivity index (χ2n) is 5.77. The monoisotopic (exact) mass is 340 g/mol. The smallest absolute Gasteiger partial charge is 0.197 e. The van der Waals surface area contributed by atoms with E-state index in [1.54, 1.807) is 33.5 Å². The molecule has 0 N–H and O–H groups in total. The number of hydrogen-bond donors (Lipinski definition) is 0. The number of hydrogen-bond acceptors (Lipinski definition) is 5. The highest BCUT2D eigenvalue weighted by Gasteiger charge is 2.16. The van der Waals surface area contributed by atoms with Gasteiger partial charge in [0.25, 0.3) is 0 Å². The molecule has 3 rings (SSSR count). The molecule has 0 atom stereocenters. The van der Waals surface area contributed by atoms with Gasteiger partial charge in [-0.2, -0.15) is 0 Å². The molecule has 0 fully saturated rings. The van der Waals surface area contributed by atoms with Crippen LogP contribution in [0.25, 0.3) is 22.3 Å². The van der Waals surface area contributed by atoms with Crippen molar-refractivity contribution < 1.29 is 18.6 Å². The van der Waals surface area contributed by atoms with E-state index in [1.807, 2.05) is 26.0 Å². The zero-order valence-electron chi connectivity index (χ0n) is 14.9. The summed E-state index contributed by atoms with van der Waals surface area (Å²) < 4.78 is 22.0. The Hall–Kier alpha value is -2.95. The SMILES string of the molecule is COc1ccc(-c2cc(=O)c3c(OC)c(C)c(C)cc3o2)cc1OC. The minimum atomic E-state index is -0.147. The molecule has 0 saturated carbocycles. The highest BCUT2D eigenvalue weighted by molar-refractivity contribution is 5.87. The van der Waals surface area contributed by atoms with Crippen LogP contribution in [-0.2, 0) is 0 Å². The van der Waals surface area contributed by atoms with Gasteiger partial charge in [0.15, 0.2) is 16.9 Å². The second-order valence-corrected chi connectivity index (χ2v) is 5.77. The minimum Gasteiger partial charge on any atom is -0.496 e. The summed E-state index contributed by atoms with van der Waals surface area (Å²) >= 11 is 0. The van der Waals surface area contributed by atoms with Gasteiger partial charge < -0.3 is 18.6 Å². The lowest BCUT2D eigenvalue weighted by atomic mass is 10.0. The third-order valence-electron chi connectivity index (χ3n) is 4.35. The third-order valence-corrected chi connectivity index (χ3v) is 4.35. The van der Waals surface area contributed by atoms with Crippen molar-refractivity contribution in [3.05, 3.63) is 51.7 Å². The van der Waals surface area contributed by atoms with Crippen LogP contribution >= 0.6 is 0 Å². The van der Waals surface area contributed by atoms with Crippen molar-refractivity contribution in [2.75, 3.05) is 21.3 Å². The molecule has 0 radical (unpaired) electrons. The molecule has 1 heterocycles. The summed E-state index contributed by atoms with van der Waals surface area (Å²) in [6.07, 6.45) is 0. The van der Waals surface area contributed by atoms with Crippen molar-refractivity contribution in [3.8, 4) is 28.6 Å². The van der Waals surface area contributed by atoms with Crippen LogP contribution in [0.1, 0.15) is 11.1 Å². The van der Waals surface area contributed by atoms with Crippen LogP contribution in [0, 0.1) is 13.8 Å². The van der Waals surface area contributed by atoms with E-state index in [0.717, 1.165) is 16.7 Å². The van der Waals surface area contributed by atoms with E-state index in [2.05, 4.69) is 0 Å². The first-order valence-electron chi connectivity index (χ1n) is 7.84. The van der Waals surface area contributed by atoms with Gasteiger partial charge in [0.05, 0.1) is 21.3 Å². The lowest BCUT2D eigenvalue weighted by molar-refractivity contribution is 0.355. The van der Waals surface area contributed by atoms with Crippen LogP contribution in [-0.4, -0.2) is 21.3 Å². The summed E-state index contributed by atoms with van der Waals surface area (Å²) in [5, 5.41) is 0.454. The number of benzene rings is 2. The zero-order chi connectivity index (χ0) is 18.1. The van der Waals surface area contributed by atoms with Crippen LogP contribution in [0.4, 0.5) is 0 Å². The Morgan fingerprint density at radius 2 is 1.60 bits per heavy atom. The van der Waals surface area contributed by atoms with Crippen molar-refractivity contribution in [1.82, 2.24) is 0 Å². The molecule has 0 amide bonds. The standard InChI is InChI=1S/C20H20O5/c1-11-8-18-19(20(24-5)12(11)2)14(21)10-16(25-18)13-6-7-15(22-3)17(9-13)23-4/h6-10H,1-5H3. The fourth-order valence-corrected chi connectivity index (χ4v) is 2.90.